The smallest absolute Gasteiger partial charge is 0.338 e. The number of ether oxygens (including phenoxy) is 3. The van der Waals surface area contributed by atoms with Gasteiger partial charge in [-0.15, -0.1) is 0 Å². The molecule has 2 N–H and O–H groups in total. The predicted octanol–water partition coefficient (Wildman–Crippen LogP) is 4.30. The molecule has 0 aliphatic carbocycles. The Hall–Kier alpha value is -3.44. The third-order valence-corrected chi connectivity index (χ3v) is 4.63. The van der Waals surface area contributed by atoms with Crippen LogP contribution in [0.15, 0.2) is 57.5 Å². The average Bonchev–Trinajstić information content (AvgIpc) is 3.15. The lowest BCUT2D eigenvalue weighted by Gasteiger charge is -2.25. The Morgan fingerprint density at radius 2 is 2.13 bits per heavy atom. The molecule has 0 bridgehead atoms. The fourth-order valence-electron chi connectivity index (χ4n) is 3.01. The van der Waals surface area contributed by atoms with Crippen LogP contribution in [0.3, 0.4) is 0 Å². The zero-order valence-electron chi connectivity index (χ0n) is 16.2. The van der Waals surface area contributed by atoms with Gasteiger partial charge in [0.15, 0.2) is 0 Å². The fourth-order valence-corrected chi connectivity index (χ4v) is 3.23. The molecule has 0 amide bonds. The lowest BCUT2D eigenvalue weighted by molar-refractivity contribution is -0.139. The van der Waals surface area contributed by atoms with Crippen LogP contribution >= 0.6 is 11.6 Å². The first kappa shape index (κ1) is 21.3. The predicted molar refractivity (Wildman–Crippen MR) is 104 cm³/mol. The Labute approximate surface area is 177 Å². The molecule has 0 saturated heterocycles. The number of allylic oxidation sites excluding steroid dienone is 2. The van der Waals surface area contributed by atoms with Crippen molar-refractivity contribution in [2.45, 2.75) is 26.4 Å². The molecule has 1 aromatic carbocycles. The summed E-state index contributed by atoms with van der Waals surface area (Å²) < 4.78 is 35.0. The van der Waals surface area contributed by atoms with Crippen LogP contribution in [0.5, 0.6) is 5.75 Å². The minimum Gasteiger partial charge on any atom is -0.484 e. The number of nitrogens with two attached hydrogens (primary N) is 1. The quantitative estimate of drug-likeness (QED) is 0.678. The summed E-state index contributed by atoms with van der Waals surface area (Å²) in [5.74, 6) is -0.903. The van der Waals surface area contributed by atoms with E-state index in [1.807, 2.05) is 6.07 Å². The van der Waals surface area contributed by atoms with Crippen LogP contribution in [0, 0.1) is 17.1 Å². The molecule has 2 heterocycles. The molecule has 1 aliphatic rings. The van der Waals surface area contributed by atoms with Crippen molar-refractivity contribution in [2.75, 3.05) is 6.61 Å². The number of hydrogen-bond acceptors (Lipinski definition) is 7. The maximum atomic E-state index is 13.2. The van der Waals surface area contributed by atoms with Gasteiger partial charge in [0.2, 0.25) is 5.88 Å². The van der Waals surface area contributed by atoms with Crippen molar-refractivity contribution in [3.05, 3.63) is 75.5 Å². The van der Waals surface area contributed by atoms with Crippen molar-refractivity contribution < 1.29 is 27.8 Å². The average molecular weight is 433 g/mol. The second-order valence-electron chi connectivity index (χ2n) is 6.28. The molecule has 7 nitrogen and oxygen atoms in total. The molecule has 1 atom stereocenters. The molecule has 9 heteroatoms. The summed E-state index contributed by atoms with van der Waals surface area (Å²) in [5.41, 5.74) is 6.02. The van der Waals surface area contributed by atoms with Gasteiger partial charge in [-0.2, -0.15) is 5.26 Å². The maximum absolute atomic E-state index is 13.2. The van der Waals surface area contributed by atoms with Crippen molar-refractivity contribution in [1.29, 1.82) is 5.26 Å². The van der Waals surface area contributed by atoms with Crippen LogP contribution in [0.25, 0.3) is 0 Å². The van der Waals surface area contributed by atoms with Gasteiger partial charge in [-0.25, -0.2) is 9.18 Å². The Kier molecular flexibility index (Phi) is 6.33. The highest BCUT2D eigenvalue weighted by Gasteiger charge is 2.38. The summed E-state index contributed by atoms with van der Waals surface area (Å²) in [7, 11) is 0. The van der Waals surface area contributed by atoms with E-state index in [2.05, 4.69) is 0 Å². The molecule has 0 radical (unpaired) electrons. The van der Waals surface area contributed by atoms with Crippen molar-refractivity contribution in [3.8, 4) is 11.8 Å². The molecular formula is C21H18ClFN2O5. The summed E-state index contributed by atoms with van der Waals surface area (Å²) in [6, 6.07) is 8.98. The summed E-state index contributed by atoms with van der Waals surface area (Å²) in [6.45, 7) is 3.38. The van der Waals surface area contributed by atoms with Gasteiger partial charge >= 0.3 is 5.97 Å². The maximum Gasteiger partial charge on any atom is 0.338 e. The molecule has 3 rings (SSSR count). The van der Waals surface area contributed by atoms with E-state index in [-0.39, 0.29) is 46.8 Å². The van der Waals surface area contributed by atoms with Gasteiger partial charge in [0.25, 0.3) is 0 Å². The van der Waals surface area contributed by atoms with E-state index < -0.39 is 17.7 Å². The minimum absolute atomic E-state index is 0.00685. The van der Waals surface area contributed by atoms with Gasteiger partial charge in [-0.05, 0) is 44.2 Å². The Morgan fingerprint density at radius 1 is 1.37 bits per heavy atom. The van der Waals surface area contributed by atoms with Gasteiger partial charge in [0.1, 0.15) is 47.1 Å². The van der Waals surface area contributed by atoms with Gasteiger partial charge in [-0.3, -0.25) is 0 Å². The number of nitrogens with zero attached hydrogens (tertiary/aromatic N) is 1. The summed E-state index contributed by atoms with van der Waals surface area (Å²) >= 11 is 5.95. The zero-order chi connectivity index (χ0) is 21.8. The van der Waals surface area contributed by atoms with E-state index in [0.717, 1.165) is 6.07 Å². The second-order valence-corrected chi connectivity index (χ2v) is 6.69. The number of carbonyl (C=O) groups is 1. The SMILES string of the molecule is CCOC(=O)C1=C(C)OC(N)=C(C#N)[C@@H]1c1ccc(COc2ccc(F)cc2Cl)o1. The van der Waals surface area contributed by atoms with E-state index in [1.54, 1.807) is 26.0 Å². The zero-order valence-corrected chi connectivity index (χ0v) is 17.0. The number of carbonyl (C=O) groups excluding carboxylic acids is 1. The minimum atomic E-state index is -0.883. The topological polar surface area (TPSA) is 108 Å². The highest BCUT2D eigenvalue weighted by atomic mass is 35.5. The molecule has 0 saturated carbocycles. The Bertz CT molecular complexity index is 1080. The van der Waals surface area contributed by atoms with Crippen LogP contribution in [0.2, 0.25) is 5.02 Å². The lowest BCUT2D eigenvalue weighted by Crippen LogP contribution is -2.25. The van der Waals surface area contributed by atoms with Crippen molar-refractivity contribution >= 4 is 17.6 Å². The number of nitriles is 1. The second kappa shape index (κ2) is 8.93. The molecule has 0 fully saturated rings. The lowest BCUT2D eigenvalue weighted by atomic mass is 9.87. The van der Waals surface area contributed by atoms with Gasteiger partial charge in [0, 0.05) is 0 Å². The van der Waals surface area contributed by atoms with Crippen LogP contribution in [0.4, 0.5) is 4.39 Å². The fraction of sp³-hybridized carbons (Fsp3) is 0.238. The Morgan fingerprint density at radius 3 is 2.80 bits per heavy atom. The highest BCUT2D eigenvalue weighted by molar-refractivity contribution is 6.32. The van der Waals surface area contributed by atoms with Crippen LogP contribution in [0.1, 0.15) is 31.3 Å². The summed E-state index contributed by atoms with van der Waals surface area (Å²) in [6.07, 6.45) is 0. The normalized spacial score (nSPS) is 16.2. The number of rotatable bonds is 6. The first-order valence-electron chi connectivity index (χ1n) is 8.97. The van der Waals surface area contributed by atoms with E-state index >= 15 is 0 Å². The molecule has 2 aromatic rings. The van der Waals surface area contributed by atoms with Gasteiger partial charge < -0.3 is 24.4 Å². The summed E-state index contributed by atoms with van der Waals surface area (Å²) in [5, 5.41) is 9.69. The van der Waals surface area contributed by atoms with E-state index in [0.29, 0.717) is 11.5 Å². The summed E-state index contributed by atoms with van der Waals surface area (Å²) in [4.78, 5) is 12.5. The molecule has 30 heavy (non-hydrogen) atoms. The third kappa shape index (κ3) is 4.26. The van der Waals surface area contributed by atoms with Crippen LogP contribution in [-0.4, -0.2) is 12.6 Å². The first-order chi connectivity index (χ1) is 14.3. The van der Waals surface area contributed by atoms with Crippen molar-refractivity contribution in [2.24, 2.45) is 5.73 Å². The third-order valence-electron chi connectivity index (χ3n) is 4.33. The largest absolute Gasteiger partial charge is 0.484 e. The first-order valence-corrected chi connectivity index (χ1v) is 9.35. The Balaban J connectivity index is 1.89. The molecule has 0 unspecified atom stereocenters. The van der Waals surface area contributed by atoms with Gasteiger partial charge in [-0.1, -0.05) is 11.6 Å². The molecule has 0 spiro atoms. The van der Waals surface area contributed by atoms with Gasteiger partial charge in [0.05, 0.1) is 23.1 Å². The van der Waals surface area contributed by atoms with Crippen LogP contribution in [-0.2, 0) is 20.9 Å². The molecule has 1 aliphatic heterocycles. The van der Waals surface area contributed by atoms with Crippen molar-refractivity contribution in [3.63, 3.8) is 0 Å². The number of furan rings is 1. The number of hydrogen-bond donors (Lipinski definition) is 1. The number of halogens is 2. The standard InChI is InChI=1S/C21H18ClFN2O5/c1-3-27-21(26)18-11(2)29-20(25)14(9-24)19(18)17-7-5-13(30-17)10-28-16-6-4-12(23)8-15(16)22/h4-8,19H,3,10,25H2,1-2H3/t19-/m1/s1. The molecular weight excluding hydrogens is 415 g/mol. The van der Waals surface area contributed by atoms with E-state index in [9.17, 15) is 14.4 Å². The van der Waals surface area contributed by atoms with E-state index in [1.165, 1.54) is 12.1 Å². The highest BCUT2D eigenvalue weighted by Crippen LogP contribution is 2.40. The monoisotopic (exact) mass is 432 g/mol. The van der Waals surface area contributed by atoms with Crippen molar-refractivity contribution in [1.82, 2.24) is 0 Å². The number of esters is 1. The molecule has 1 aromatic heterocycles. The number of benzene rings is 1. The van der Waals surface area contributed by atoms with Crippen LogP contribution < -0.4 is 10.5 Å². The molecule has 156 valence electrons. The van der Waals surface area contributed by atoms with E-state index in [4.69, 9.17) is 36.0 Å².